The van der Waals surface area contributed by atoms with Gasteiger partial charge < -0.3 is 26.6 Å². The van der Waals surface area contributed by atoms with Gasteiger partial charge in [-0.3, -0.25) is 24.0 Å². The minimum atomic E-state index is -1.24. The second kappa shape index (κ2) is 11.4. The molecule has 10 nitrogen and oxygen atoms in total. The summed E-state index contributed by atoms with van der Waals surface area (Å²) in [6, 6.07) is -2.24. The largest absolute Gasteiger partial charge is 0.480 e. The predicted molar refractivity (Wildman–Crippen MR) is 102 cm³/mol. The summed E-state index contributed by atoms with van der Waals surface area (Å²) in [7, 11) is 0. The van der Waals surface area contributed by atoms with Crippen LogP contribution in [0.25, 0.3) is 0 Å². The Kier molecular flexibility index (Phi) is 9.66. The molecule has 0 aliphatic heterocycles. The normalized spacial score (nSPS) is 18.8. The first-order valence-corrected chi connectivity index (χ1v) is 9.77. The number of carboxylic acid groups (broad SMARTS) is 2. The third-order valence-electron chi connectivity index (χ3n) is 4.15. The minimum Gasteiger partial charge on any atom is -0.480 e. The Labute approximate surface area is 166 Å². The van der Waals surface area contributed by atoms with E-state index in [4.69, 9.17) is 15.9 Å². The van der Waals surface area contributed by atoms with E-state index < -0.39 is 42.4 Å². The lowest BCUT2D eigenvalue weighted by Gasteiger charge is -2.25. The van der Waals surface area contributed by atoms with Crippen LogP contribution in [0.2, 0.25) is 0 Å². The summed E-state index contributed by atoms with van der Waals surface area (Å²) in [5, 5.41) is 21.9. The summed E-state index contributed by atoms with van der Waals surface area (Å²) in [5.41, 5.74) is 5.82. The summed E-state index contributed by atoms with van der Waals surface area (Å²) in [4.78, 5) is 57.4. The Morgan fingerprint density at radius 2 is 1.96 bits per heavy atom. The fourth-order valence-corrected chi connectivity index (χ4v) is 3.83. The molecule has 1 fully saturated rings. The lowest BCUT2D eigenvalue weighted by molar-refractivity contribution is -0.139. The number of nitrogens with one attached hydrogen (secondary N) is 2. The van der Waals surface area contributed by atoms with Crippen LogP contribution in [-0.4, -0.2) is 69.4 Å². The summed E-state index contributed by atoms with van der Waals surface area (Å²) in [5.74, 6) is -3.64. The molecular formula is C17H25N3O7S. The van der Waals surface area contributed by atoms with E-state index in [1.54, 1.807) is 0 Å². The van der Waals surface area contributed by atoms with Crippen LogP contribution >= 0.6 is 11.8 Å². The molecule has 0 aromatic heterocycles. The monoisotopic (exact) mass is 415 g/mol. The van der Waals surface area contributed by atoms with Crippen LogP contribution in [0.15, 0.2) is 12.2 Å². The Balaban J connectivity index is 2.67. The summed E-state index contributed by atoms with van der Waals surface area (Å²) in [6.45, 7) is 3.18. The van der Waals surface area contributed by atoms with Crippen molar-refractivity contribution in [3.63, 3.8) is 0 Å². The fourth-order valence-electron chi connectivity index (χ4n) is 2.50. The van der Waals surface area contributed by atoms with Crippen LogP contribution in [-0.2, 0) is 24.0 Å². The van der Waals surface area contributed by atoms with E-state index >= 15 is 0 Å². The highest BCUT2D eigenvalue weighted by Gasteiger charge is 2.28. The number of carbonyl (C=O) groups is 5. The van der Waals surface area contributed by atoms with Crippen molar-refractivity contribution in [3.05, 3.63) is 12.2 Å². The second-order valence-corrected chi connectivity index (χ2v) is 7.61. The number of ketones is 1. The first-order chi connectivity index (χ1) is 13.1. The van der Waals surface area contributed by atoms with Crippen LogP contribution in [0.1, 0.15) is 32.1 Å². The summed E-state index contributed by atoms with van der Waals surface area (Å²) >= 11 is 1.29. The molecular weight excluding hydrogens is 390 g/mol. The predicted octanol–water partition coefficient (Wildman–Crippen LogP) is -0.725. The van der Waals surface area contributed by atoms with Gasteiger partial charge >= 0.3 is 11.9 Å². The molecule has 0 aromatic carbocycles. The molecule has 2 amide bonds. The molecule has 0 bridgehead atoms. The number of Topliss-reactive ketones (excluding diaryl/α,β-unsaturated/α-hetero) is 1. The molecule has 11 heteroatoms. The number of carboxylic acids is 2. The maximum Gasteiger partial charge on any atom is 0.322 e. The van der Waals surface area contributed by atoms with Crippen molar-refractivity contribution in [3.8, 4) is 0 Å². The summed E-state index contributed by atoms with van der Waals surface area (Å²) < 4.78 is 0. The number of aliphatic carboxylic acids is 2. The van der Waals surface area contributed by atoms with Gasteiger partial charge in [-0.2, -0.15) is 11.8 Å². The number of hydrogen-bond donors (Lipinski definition) is 5. The molecule has 0 heterocycles. The van der Waals surface area contributed by atoms with E-state index in [0.29, 0.717) is 18.4 Å². The van der Waals surface area contributed by atoms with Gasteiger partial charge in [-0.1, -0.05) is 6.58 Å². The molecule has 0 aromatic rings. The molecule has 156 valence electrons. The fraction of sp³-hybridized carbons (Fsp3) is 0.588. The van der Waals surface area contributed by atoms with Crippen LogP contribution in [0.4, 0.5) is 0 Å². The van der Waals surface area contributed by atoms with Gasteiger partial charge in [0.15, 0.2) is 5.78 Å². The molecule has 0 saturated heterocycles. The van der Waals surface area contributed by atoms with Crippen LogP contribution in [0.5, 0.6) is 0 Å². The van der Waals surface area contributed by atoms with Gasteiger partial charge in [0.1, 0.15) is 18.6 Å². The topological polar surface area (TPSA) is 176 Å². The molecule has 0 spiro atoms. The Morgan fingerprint density at radius 1 is 1.29 bits per heavy atom. The van der Waals surface area contributed by atoms with E-state index in [1.807, 2.05) is 0 Å². The lowest BCUT2D eigenvalue weighted by atomic mass is 9.94. The first-order valence-electron chi connectivity index (χ1n) is 8.72. The highest BCUT2D eigenvalue weighted by Crippen LogP contribution is 2.30. The lowest BCUT2D eigenvalue weighted by Crippen LogP contribution is -2.49. The van der Waals surface area contributed by atoms with E-state index in [1.165, 1.54) is 11.8 Å². The van der Waals surface area contributed by atoms with E-state index in [0.717, 1.165) is 6.42 Å². The molecule has 1 saturated carbocycles. The van der Waals surface area contributed by atoms with E-state index in [9.17, 15) is 24.0 Å². The average Bonchev–Trinajstić information content (AvgIpc) is 2.63. The van der Waals surface area contributed by atoms with Gasteiger partial charge in [0.2, 0.25) is 11.8 Å². The van der Waals surface area contributed by atoms with Gasteiger partial charge in [0, 0.05) is 29.4 Å². The van der Waals surface area contributed by atoms with Crippen molar-refractivity contribution in [2.45, 2.75) is 49.4 Å². The van der Waals surface area contributed by atoms with Crippen molar-refractivity contribution < 1.29 is 34.2 Å². The first kappa shape index (κ1) is 23.6. The van der Waals surface area contributed by atoms with Crippen molar-refractivity contribution in [2.24, 2.45) is 5.73 Å². The van der Waals surface area contributed by atoms with Gasteiger partial charge in [-0.05, 0) is 19.3 Å². The molecule has 1 aliphatic rings. The molecule has 28 heavy (non-hydrogen) atoms. The molecule has 1 aliphatic carbocycles. The van der Waals surface area contributed by atoms with Crippen LogP contribution in [0, 0.1) is 0 Å². The standard InChI is InChI=1S/C17H25N3O7S/c1-9-12(21)3-2-4-13(9)28-8-11(16(25)19-7-15(23)24)20-14(22)6-5-10(18)17(26)27/h10-11,13H,1-8,18H2,(H,19,25)(H,20,22)(H,23,24)(H,26,27)/t10-,11+,13?/m1/s1. The number of nitrogens with two attached hydrogens (primary N) is 1. The van der Waals surface area contributed by atoms with Crippen LogP contribution in [0.3, 0.4) is 0 Å². The maximum atomic E-state index is 12.2. The third-order valence-corrected chi connectivity index (χ3v) is 5.59. The zero-order valence-corrected chi connectivity index (χ0v) is 16.1. The zero-order chi connectivity index (χ0) is 21.3. The van der Waals surface area contributed by atoms with Gasteiger partial charge in [0.05, 0.1) is 0 Å². The maximum absolute atomic E-state index is 12.2. The third kappa shape index (κ3) is 8.09. The van der Waals surface area contributed by atoms with Gasteiger partial charge in [-0.15, -0.1) is 0 Å². The number of thioether (sulfide) groups is 1. The number of rotatable bonds is 11. The number of amides is 2. The van der Waals surface area contributed by atoms with Crippen molar-refractivity contribution >= 4 is 41.3 Å². The average molecular weight is 415 g/mol. The molecule has 1 rings (SSSR count). The van der Waals surface area contributed by atoms with Crippen molar-refractivity contribution in [1.82, 2.24) is 10.6 Å². The Hall–Kier alpha value is -2.40. The molecule has 6 N–H and O–H groups in total. The van der Waals surface area contributed by atoms with E-state index in [-0.39, 0.29) is 29.6 Å². The SMILES string of the molecule is C=C1C(=O)CCCC1SC[C@H](NC(=O)CC[C@@H](N)C(=O)O)C(=O)NCC(=O)O. The van der Waals surface area contributed by atoms with Gasteiger partial charge in [-0.25, -0.2) is 0 Å². The molecule has 3 atom stereocenters. The summed E-state index contributed by atoms with van der Waals surface area (Å²) in [6.07, 6.45) is 1.57. The highest BCUT2D eigenvalue weighted by molar-refractivity contribution is 8.00. The smallest absolute Gasteiger partial charge is 0.322 e. The Morgan fingerprint density at radius 3 is 2.57 bits per heavy atom. The minimum absolute atomic E-state index is 0.0256. The van der Waals surface area contributed by atoms with Crippen molar-refractivity contribution in [1.29, 1.82) is 0 Å². The Bertz CT molecular complexity index is 653. The molecule has 1 unspecified atom stereocenters. The van der Waals surface area contributed by atoms with Crippen LogP contribution < -0.4 is 16.4 Å². The van der Waals surface area contributed by atoms with Gasteiger partial charge in [0.25, 0.3) is 0 Å². The number of carbonyl (C=O) groups excluding carboxylic acids is 3. The number of hydrogen-bond acceptors (Lipinski definition) is 7. The van der Waals surface area contributed by atoms with E-state index in [2.05, 4.69) is 17.2 Å². The zero-order valence-electron chi connectivity index (χ0n) is 15.3. The molecule has 0 radical (unpaired) electrons. The highest BCUT2D eigenvalue weighted by atomic mass is 32.2. The quantitative estimate of drug-likeness (QED) is 0.272. The van der Waals surface area contributed by atoms with Crippen molar-refractivity contribution in [2.75, 3.05) is 12.3 Å². The second-order valence-electron chi connectivity index (χ2n) is 6.38.